The van der Waals surface area contributed by atoms with Gasteiger partial charge in [-0.2, -0.15) is 5.10 Å². The fraction of sp³-hybridized carbons (Fsp3) is 0.400. The molecule has 0 fully saturated rings. The number of nitrogens with two attached hydrogens (primary N) is 1. The minimum absolute atomic E-state index is 0.234. The summed E-state index contributed by atoms with van der Waals surface area (Å²) in [6, 6.07) is 1.47. The number of halogens is 3. The molecule has 0 spiro atoms. The van der Waals surface area contributed by atoms with Crippen molar-refractivity contribution in [1.82, 2.24) is 9.78 Å². The molecule has 1 rings (SSSR count). The van der Waals surface area contributed by atoms with E-state index in [0.717, 1.165) is 4.68 Å². The van der Waals surface area contributed by atoms with Crippen LogP contribution in [-0.4, -0.2) is 16.2 Å². The van der Waals surface area contributed by atoms with Gasteiger partial charge in [0.2, 0.25) is 0 Å². The number of alkyl halides is 2. The average Bonchev–Trinajstić information content (AvgIpc) is 2.09. The summed E-state index contributed by atoms with van der Waals surface area (Å²) in [6.07, 6.45) is -2.41. The Morgan fingerprint density at radius 1 is 1.73 bits per heavy atom. The van der Waals surface area contributed by atoms with Crippen LogP contribution in [0.5, 0.6) is 0 Å². The molecule has 1 aromatic rings. The van der Waals surface area contributed by atoms with Crippen LogP contribution >= 0.6 is 15.9 Å². The molecule has 11 heavy (non-hydrogen) atoms. The van der Waals surface area contributed by atoms with Crippen LogP contribution in [0.4, 0.5) is 14.6 Å². The van der Waals surface area contributed by atoms with Gasteiger partial charge in [0.25, 0.3) is 6.43 Å². The van der Waals surface area contributed by atoms with Crippen molar-refractivity contribution in [2.24, 2.45) is 0 Å². The molecule has 62 valence electrons. The molecule has 0 unspecified atom stereocenters. The maximum Gasteiger partial charge on any atom is 0.257 e. The molecule has 0 saturated carbocycles. The summed E-state index contributed by atoms with van der Waals surface area (Å²) in [4.78, 5) is 0. The van der Waals surface area contributed by atoms with Gasteiger partial charge in [-0.3, -0.25) is 4.68 Å². The molecule has 1 heterocycles. The largest absolute Gasteiger partial charge is 0.382 e. The second kappa shape index (κ2) is 3.17. The molecule has 0 atom stereocenters. The second-order valence-corrected chi connectivity index (χ2v) is 2.78. The summed E-state index contributed by atoms with van der Waals surface area (Å²) in [6.45, 7) is -0.433. The number of nitrogen functional groups attached to an aromatic ring is 1. The standard InChI is InChI=1S/C5H6BrF2N3/c6-3-1-5(9)10-11(3)2-4(7)8/h1,4H,2H2,(H2,9,10). The van der Waals surface area contributed by atoms with Crippen LogP contribution in [0, 0.1) is 0 Å². The lowest BCUT2D eigenvalue weighted by Crippen LogP contribution is -2.08. The third kappa shape index (κ3) is 2.14. The van der Waals surface area contributed by atoms with Crippen LogP contribution in [-0.2, 0) is 6.54 Å². The summed E-state index contributed by atoms with van der Waals surface area (Å²) in [5, 5.41) is 3.62. The van der Waals surface area contributed by atoms with Crippen molar-refractivity contribution in [2.75, 3.05) is 5.73 Å². The van der Waals surface area contributed by atoms with Gasteiger partial charge in [-0.05, 0) is 15.9 Å². The van der Waals surface area contributed by atoms with E-state index < -0.39 is 13.0 Å². The Balaban J connectivity index is 2.77. The number of anilines is 1. The monoisotopic (exact) mass is 225 g/mol. The fourth-order valence-corrected chi connectivity index (χ4v) is 1.13. The first-order valence-electron chi connectivity index (χ1n) is 2.86. The Labute approximate surface area is 70.3 Å². The highest BCUT2D eigenvalue weighted by molar-refractivity contribution is 9.10. The fourth-order valence-electron chi connectivity index (χ4n) is 0.671. The number of aromatic nitrogens is 2. The predicted octanol–water partition coefficient (Wildman–Crippen LogP) is 1.49. The Morgan fingerprint density at radius 3 is 2.73 bits per heavy atom. The lowest BCUT2D eigenvalue weighted by atomic mass is 10.6. The minimum Gasteiger partial charge on any atom is -0.382 e. The van der Waals surface area contributed by atoms with Gasteiger partial charge in [0.15, 0.2) is 0 Å². The van der Waals surface area contributed by atoms with Gasteiger partial charge in [-0.1, -0.05) is 0 Å². The van der Waals surface area contributed by atoms with E-state index in [-0.39, 0.29) is 5.82 Å². The Kier molecular flexibility index (Phi) is 2.43. The number of hydrogen-bond acceptors (Lipinski definition) is 2. The summed E-state index contributed by atoms with van der Waals surface area (Å²) in [5.74, 6) is 0.234. The zero-order valence-corrected chi connectivity index (χ0v) is 7.05. The van der Waals surface area contributed by atoms with Crippen LogP contribution < -0.4 is 5.73 Å². The van der Waals surface area contributed by atoms with Crippen LogP contribution in [0.2, 0.25) is 0 Å². The van der Waals surface area contributed by atoms with E-state index in [1.165, 1.54) is 6.07 Å². The zero-order chi connectivity index (χ0) is 8.43. The van der Waals surface area contributed by atoms with E-state index in [1.54, 1.807) is 0 Å². The van der Waals surface area contributed by atoms with Crippen molar-refractivity contribution >= 4 is 21.7 Å². The SMILES string of the molecule is Nc1cc(Br)n(CC(F)F)n1. The maximum absolute atomic E-state index is 11.8. The van der Waals surface area contributed by atoms with Gasteiger partial charge < -0.3 is 5.73 Å². The van der Waals surface area contributed by atoms with Crippen LogP contribution in [0.3, 0.4) is 0 Å². The van der Waals surface area contributed by atoms with Crippen molar-refractivity contribution in [3.63, 3.8) is 0 Å². The van der Waals surface area contributed by atoms with E-state index >= 15 is 0 Å². The first-order valence-corrected chi connectivity index (χ1v) is 3.66. The van der Waals surface area contributed by atoms with Crippen LogP contribution in [0.25, 0.3) is 0 Å². The van der Waals surface area contributed by atoms with Crippen molar-refractivity contribution in [1.29, 1.82) is 0 Å². The highest BCUT2D eigenvalue weighted by Gasteiger charge is 2.08. The molecule has 3 nitrogen and oxygen atoms in total. The molecular weight excluding hydrogens is 220 g/mol. The number of rotatable bonds is 2. The van der Waals surface area contributed by atoms with E-state index in [0.29, 0.717) is 4.60 Å². The van der Waals surface area contributed by atoms with Crippen molar-refractivity contribution in [3.8, 4) is 0 Å². The van der Waals surface area contributed by atoms with Gasteiger partial charge in [0.05, 0.1) is 0 Å². The first-order chi connectivity index (χ1) is 5.09. The quantitative estimate of drug-likeness (QED) is 0.830. The molecular formula is C5H6BrF2N3. The summed E-state index contributed by atoms with van der Waals surface area (Å²) in [5.41, 5.74) is 5.25. The predicted molar refractivity (Wildman–Crippen MR) is 40.3 cm³/mol. The topological polar surface area (TPSA) is 43.8 Å². The molecule has 0 saturated heterocycles. The number of nitrogens with zero attached hydrogens (tertiary/aromatic N) is 2. The normalized spacial score (nSPS) is 10.9. The lowest BCUT2D eigenvalue weighted by Gasteiger charge is -1.99. The summed E-state index contributed by atoms with van der Waals surface area (Å²) in [7, 11) is 0. The molecule has 2 N–H and O–H groups in total. The van der Waals surface area contributed by atoms with E-state index in [4.69, 9.17) is 5.73 Å². The van der Waals surface area contributed by atoms with Gasteiger partial charge in [-0.15, -0.1) is 0 Å². The van der Waals surface area contributed by atoms with Gasteiger partial charge in [0.1, 0.15) is 17.0 Å². The molecule has 0 aromatic carbocycles. The molecule has 6 heteroatoms. The van der Waals surface area contributed by atoms with Crippen LogP contribution in [0.1, 0.15) is 0 Å². The van der Waals surface area contributed by atoms with Crippen molar-refractivity contribution < 1.29 is 8.78 Å². The molecule has 0 bridgehead atoms. The molecule has 0 aliphatic heterocycles. The summed E-state index contributed by atoms with van der Waals surface area (Å²) >= 11 is 3.03. The Morgan fingerprint density at radius 2 is 2.36 bits per heavy atom. The third-order valence-electron chi connectivity index (χ3n) is 1.06. The third-order valence-corrected chi connectivity index (χ3v) is 1.70. The van der Waals surface area contributed by atoms with Crippen LogP contribution in [0.15, 0.2) is 10.7 Å². The second-order valence-electron chi connectivity index (χ2n) is 1.97. The van der Waals surface area contributed by atoms with Crippen molar-refractivity contribution in [3.05, 3.63) is 10.7 Å². The highest BCUT2D eigenvalue weighted by atomic mass is 79.9. The summed E-state index contributed by atoms with van der Waals surface area (Å²) < 4.78 is 25.2. The Bertz CT molecular complexity index is 248. The van der Waals surface area contributed by atoms with E-state index in [9.17, 15) is 8.78 Å². The molecule has 0 aliphatic carbocycles. The van der Waals surface area contributed by atoms with Gasteiger partial charge >= 0.3 is 0 Å². The first kappa shape index (κ1) is 8.45. The molecule has 0 aliphatic rings. The van der Waals surface area contributed by atoms with E-state index in [1.807, 2.05) is 0 Å². The van der Waals surface area contributed by atoms with Crippen molar-refractivity contribution in [2.45, 2.75) is 13.0 Å². The lowest BCUT2D eigenvalue weighted by molar-refractivity contribution is 0.121. The van der Waals surface area contributed by atoms with Gasteiger partial charge in [0, 0.05) is 6.07 Å². The molecule has 0 radical (unpaired) electrons. The maximum atomic E-state index is 11.8. The highest BCUT2D eigenvalue weighted by Crippen LogP contribution is 2.14. The van der Waals surface area contributed by atoms with E-state index in [2.05, 4.69) is 21.0 Å². The molecule has 1 aromatic heterocycles. The Hall–Kier alpha value is -0.650. The zero-order valence-electron chi connectivity index (χ0n) is 5.47. The van der Waals surface area contributed by atoms with Gasteiger partial charge in [-0.25, -0.2) is 8.78 Å². The molecule has 0 amide bonds. The smallest absolute Gasteiger partial charge is 0.257 e. The number of hydrogen-bond donors (Lipinski definition) is 1. The minimum atomic E-state index is -2.41. The average molecular weight is 226 g/mol.